The van der Waals surface area contributed by atoms with Crippen molar-refractivity contribution in [2.24, 2.45) is 0 Å². The number of H-pyrrole nitrogens is 1. The van der Waals surface area contributed by atoms with E-state index in [0.29, 0.717) is 6.54 Å². The van der Waals surface area contributed by atoms with Gasteiger partial charge in [0.05, 0.1) is 11.9 Å². The maximum Gasteiger partial charge on any atom is 0.267 e. The first kappa shape index (κ1) is 13.1. The zero-order valence-corrected chi connectivity index (χ0v) is 11.9. The van der Waals surface area contributed by atoms with Gasteiger partial charge >= 0.3 is 0 Å². The van der Waals surface area contributed by atoms with Crippen LogP contribution in [0.2, 0.25) is 0 Å². The van der Waals surface area contributed by atoms with Gasteiger partial charge in [0.2, 0.25) is 0 Å². The number of anilines is 1. The fraction of sp³-hybridized carbons (Fsp3) is 0.308. The highest BCUT2D eigenvalue weighted by atomic mass is 32.2. The first-order chi connectivity index (χ1) is 9.64. The number of nitrogens with zero attached hydrogens (tertiary/aromatic N) is 2. The SMILES string of the molecule is CNC1CCN(S(=O)(=O)c2cn[nH]c2)c2ccccc21. The first-order valence-corrected chi connectivity index (χ1v) is 7.86. The second-order valence-electron chi connectivity index (χ2n) is 4.70. The molecule has 1 aromatic carbocycles. The third-order valence-electron chi connectivity index (χ3n) is 3.61. The van der Waals surface area contributed by atoms with E-state index in [1.54, 1.807) is 0 Å². The summed E-state index contributed by atoms with van der Waals surface area (Å²) >= 11 is 0. The van der Waals surface area contributed by atoms with E-state index in [1.165, 1.54) is 16.7 Å². The minimum atomic E-state index is -3.55. The second-order valence-corrected chi connectivity index (χ2v) is 6.56. The van der Waals surface area contributed by atoms with Crippen LogP contribution in [0.15, 0.2) is 41.6 Å². The van der Waals surface area contributed by atoms with E-state index in [-0.39, 0.29) is 10.9 Å². The Morgan fingerprint density at radius 2 is 2.20 bits per heavy atom. The summed E-state index contributed by atoms with van der Waals surface area (Å²) in [5.41, 5.74) is 1.74. The van der Waals surface area contributed by atoms with Gasteiger partial charge in [0.15, 0.2) is 0 Å². The molecule has 6 nitrogen and oxygen atoms in total. The van der Waals surface area contributed by atoms with E-state index in [1.807, 2.05) is 31.3 Å². The Morgan fingerprint density at radius 1 is 1.40 bits per heavy atom. The molecule has 1 aliphatic rings. The lowest BCUT2D eigenvalue weighted by Crippen LogP contribution is -2.38. The average molecular weight is 292 g/mol. The van der Waals surface area contributed by atoms with Gasteiger partial charge in [-0.05, 0) is 25.1 Å². The summed E-state index contributed by atoms with van der Waals surface area (Å²) in [6.07, 6.45) is 3.48. The Kier molecular flexibility index (Phi) is 3.23. The average Bonchev–Trinajstić information content (AvgIpc) is 3.01. The summed E-state index contributed by atoms with van der Waals surface area (Å²) in [5, 5.41) is 9.50. The van der Waals surface area contributed by atoms with Gasteiger partial charge in [-0.3, -0.25) is 9.40 Å². The molecular weight excluding hydrogens is 276 g/mol. The van der Waals surface area contributed by atoms with Gasteiger partial charge < -0.3 is 5.32 Å². The van der Waals surface area contributed by atoms with E-state index in [9.17, 15) is 8.42 Å². The highest BCUT2D eigenvalue weighted by Gasteiger charge is 2.32. The first-order valence-electron chi connectivity index (χ1n) is 6.42. The zero-order chi connectivity index (χ0) is 14.2. The molecule has 0 radical (unpaired) electrons. The van der Waals surface area contributed by atoms with Crippen LogP contribution >= 0.6 is 0 Å². The van der Waals surface area contributed by atoms with E-state index >= 15 is 0 Å². The lowest BCUT2D eigenvalue weighted by molar-refractivity contribution is 0.528. The standard InChI is InChI=1S/C13H16N4O2S/c1-14-12-6-7-17(13-5-3-2-4-11(12)13)20(18,19)10-8-15-16-9-10/h2-5,8-9,12,14H,6-7H2,1H3,(H,15,16). The van der Waals surface area contributed by atoms with Gasteiger partial charge in [0.25, 0.3) is 10.0 Å². The molecule has 1 unspecified atom stereocenters. The number of hydrogen-bond acceptors (Lipinski definition) is 4. The molecule has 2 aromatic rings. The maximum absolute atomic E-state index is 12.7. The lowest BCUT2D eigenvalue weighted by Gasteiger charge is -2.34. The highest BCUT2D eigenvalue weighted by molar-refractivity contribution is 7.92. The van der Waals surface area contributed by atoms with Crippen LogP contribution in [-0.2, 0) is 10.0 Å². The molecule has 7 heteroatoms. The monoisotopic (exact) mass is 292 g/mol. The molecule has 1 aromatic heterocycles. The maximum atomic E-state index is 12.7. The quantitative estimate of drug-likeness (QED) is 0.893. The van der Waals surface area contributed by atoms with Crippen LogP contribution in [-0.4, -0.2) is 32.2 Å². The van der Waals surface area contributed by atoms with Crippen LogP contribution < -0.4 is 9.62 Å². The number of fused-ring (bicyclic) bond motifs is 1. The Bertz CT molecular complexity index is 697. The van der Waals surface area contributed by atoms with Crippen LogP contribution in [0.5, 0.6) is 0 Å². The molecule has 0 saturated heterocycles. The molecule has 0 amide bonds. The number of hydrogen-bond donors (Lipinski definition) is 2. The highest BCUT2D eigenvalue weighted by Crippen LogP contribution is 2.36. The summed E-state index contributed by atoms with van der Waals surface area (Å²) in [6, 6.07) is 7.78. The molecule has 0 spiro atoms. The molecule has 20 heavy (non-hydrogen) atoms. The smallest absolute Gasteiger partial charge is 0.267 e. The Morgan fingerprint density at radius 3 is 2.90 bits per heavy atom. The molecule has 0 bridgehead atoms. The molecule has 0 aliphatic carbocycles. The van der Waals surface area contributed by atoms with Crippen LogP contribution in [0.25, 0.3) is 0 Å². The molecule has 1 aliphatic heterocycles. The van der Waals surface area contributed by atoms with Crippen LogP contribution in [0.1, 0.15) is 18.0 Å². The van der Waals surface area contributed by atoms with Crippen molar-refractivity contribution in [3.63, 3.8) is 0 Å². The Labute approximate surface area is 117 Å². The largest absolute Gasteiger partial charge is 0.313 e. The third kappa shape index (κ3) is 1.99. The summed E-state index contributed by atoms with van der Waals surface area (Å²) in [4.78, 5) is 0.190. The van der Waals surface area contributed by atoms with E-state index in [2.05, 4.69) is 15.5 Å². The number of aromatic amines is 1. The van der Waals surface area contributed by atoms with Gasteiger partial charge in [-0.25, -0.2) is 8.42 Å². The van der Waals surface area contributed by atoms with Crippen molar-refractivity contribution in [2.75, 3.05) is 17.9 Å². The minimum Gasteiger partial charge on any atom is -0.313 e. The fourth-order valence-electron chi connectivity index (χ4n) is 2.59. The van der Waals surface area contributed by atoms with Crippen molar-refractivity contribution in [3.05, 3.63) is 42.2 Å². The van der Waals surface area contributed by atoms with Crippen molar-refractivity contribution >= 4 is 15.7 Å². The summed E-state index contributed by atoms with van der Waals surface area (Å²) in [6.45, 7) is 0.454. The van der Waals surface area contributed by atoms with Gasteiger partial charge in [0.1, 0.15) is 4.90 Å². The molecule has 106 valence electrons. The molecule has 1 atom stereocenters. The van der Waals surface area contributed by atoms with Gasteiger partial charge in [0, 0.05) is 18.8 Å². The molecule has 2 heterocycles. The Hall–Kier alpha value is -1.86. The number of aromatic nitrogens is 2. The van der Waals surface area contributed by atoms with Gasteiger partial charge in [-0.15, -0.1) is 0 Å². The minimum absolute atomic E-state index is 0.182. The number of nitrogens with one attached hydrogen (secondary N) is 2. The van der Waals surface area contributed by atoms with Crippen LogP contribution in [0.3, 0.4) is 0 Å². The van der Waals surface area contributed by atoms with Gasteiger partial charge in [-0.2, -0.15) is 5.10 Å². The van der Waals surface area contributed by atoms with Crippen molar-refractivity contribution in [1.29, 1.82) is 0 Å². The normalized spacial score (nSPS) is 18.9. The molecular formula is C13H16N4O2S. The number of sulfonamides is 1. The van der Waals surface area contributed by atoms with Crippen molar-refractivity contribution in [2.45, 2.75) is 17.4 Å². The number of para-hydroxylation sites is 1. The predicted octanol–water partition coefficient (Wildman–Crippen LogP) is 1.27. The van der Waals surface area contributed by atoms with E-state index in [4.69, 9.17) is 0 Å². The number of rotatable bonds is 3. The van der Waals surface area contributed by atoms with Gasteiger partial charge in [-0.1, -0.05) is 18.2 Å². The summed E-state index contributed by atoms with van der Waals surface area (Å²) in [7, 11) is -1.66. The fourth-order valence-corrected chi connectivity index (χ4v) is 4.00. The molecule has 0 saturated carbocycles. The molecule has 3 rings (SSSR count). The van der Waals surface area contributed by atoms with E-state index < -0.39 is 10.0 Å². The summed E-state index contributed by atoms with van der Waals surface area (Å²) < 4.78 is 26.8. The predicted molar refractivity (Wildman–Crippen MR) is 76.0 cm³/mol. The van der Waals surface area contributed by atoms with Crippen molar-refractivity contribution in [3.8, 4) is 0 Å². The third-order valence-corrected chi connectivity index (χ3v) is 5.39. The lowest BCUT2D eigenvalue weighted by atomic mass is 9.98. The Balaban J connectivity index is 2.09. The second kappa shape index (κ2) is 4.92. The summed E-state index contributed by atoms with van der Waals surface area (Å²) in [5.74, 6) is 0. The van der Waals surface area contributed by atoms with Crippen molar-refractivity contribution in [1.82, 2.24) is 15.5 Å². The zero-order valence-electron chi connectivity index (χ0n) is 11.1. The van der Waals surface area contributed by atoms with Crippen LogP contribution in [0.4, 0.5) is 5.69 Å². The van der Waals surface area contributed by atoms with Crippen LogP contribution in [0, 0.1) is 0 Å². The topological polar surface area (TPSA) is 78.1 Å². The van der Waals surface area contributed by atoms with Crippen molar-refractivity contribution < 1.29 is 8.42 Å². The van der Waals surface area contributed by atoms with E-state index in [0.717, 1.165) is 17.7 Å². The molecule has 2 N–H and O–H groups in total. The molecule has 0 fully saturated rings. The number of benzene rings is 1.